The molecule has 1 fully saturated rings. The van der Waals surface area contributed by atoms with Crippen molar-refractivity contribution in [1.82, 2.24) is 10.2 Å². The third-order valence-electron chi connectivity index (χ3n) is 3.29. The van der Waals surface area contributed by atoms with Gasteiger partial charge in [-0.15, -0.1) is 0 Å². The van der Waals surface area contributed by atoms with Crippen LogP contribution in [0.3, 0.4) is 0 Å². The van der Waals surface area contributed by atoms with Gasteiger partial charge in [0.1, 0.15) is 18.4 Å². The highest BCUT2D eigenvalue weighted by Gasteiger charge is 2.36. The first-order valence-electron chi connectivity index (χ1n) is 6.93. The average Bonchev–Trinajstić information content (AvgIpc) is 2.69. The normalized spacial score (nSPS) is 18.3. The Hall–Kier alpha value is -2.04. The van der Waals surface area contributed by atoms with Crippen molar-refractivity contribution in [1.29, 1.82) is 0 Å². The van der Waals surface area contributed by atoms with Crippen molar-refractivity contribution in [3.63, 3.8) is 0 Å². The van der Waals surface area contributed by atoms with Crippen molar-refractivity contribution >= 4 is 11.9 Å². The van der Waals surface area contributed by atoms with E-state index >= 15 is 0 Å². The minimum absolute atomic E-state index is 0.149. The van der Waals surface area contributed by atoms with Crippen molar-refractivity contribution in [2.45, 2.75) is 32.7 Å². The lowest BCUT2D eigenvalue weighted by atomic mass is 10.2. The number of urea groups is 1. The van der Waals surface area contributed by atoms with Gasteiger partial charge in [0.25, 0.3) is 5.91 Å². The Morgan fingerprint density at radius 2 is 1.95 bits per heavy atom. The van der Waals surface area contributed by atoms with Gasteiger partial charge < -0.3 is 10.1 Å². The molecule has 20 heavy (non-hydrogen) atoms. The van der Waals surface area contributed by atoms with Crippen LogP contribution < -0.4 is 10.1 Å². The number of benzene rings is 1. The Kier molecular flexibility index (Phi) is 4.61. The van der Waals surface area contributed by atoms with Crippen molar-refractivity contribution < 1.29 is 14.3 Å². The summed E-state index contributed by atoms with van der Waals surface area (Å²) in [5, 5.41) is 2.69. The summed E-state index contributed by atoms with van der Waals surface area (Å²) in [6.45, 7) is 4.58. The molecule has 3 amide bonds. The molecule has 5 nitrogen and oxygen atoms in total. The van der Waals surface area contributed by atoms with E-state index in [1.54, 1.807) is 0 Å². The molecule has 0 aliphatic carbocycles. The van der Waals surface area contributed by atoms with Crippen molar-refractivity contribution in [2.75, 3.05) is 13.2 Å². The van der Waals surface area contributed by atoms with Gasteiger partial charge in [-0.25, -0.2) is 4.79 Å². The number of imide groups is 1. The maximum absolute atomic E-state index is 12.0. The number of carbonyl (C=O) groups is 2. The molecule has 1 N–H and O–H groups in total. The van der Waals surface area contributed by atoms with E-state index in [-0.39, 0.29) is 24.5 Å². The highest BCUT2D eigenvalue weighted by molar-refractivity contribution is 6.04. The van der Waals surface area contributed by atoms with Gasteiger partial charge in [0.05, 0.1) is 6.54 Å². The SMILES string of the molecule is CCC[C@H]1NC(=O)N(CCOc2ccc(C)cc2)C1=O. The maximum atomic E-state index is 12.0. The smallest absolute Gasteiger partial charge is 0.324 e. The van der Waals surface area contributed by atoms with Crippen LogP contribution in [0.15, 0.2) is 24.3 Å². The van der Waals surface area contributed by atoms with Crippen LogP contribution in [-0.2, 0) is 4.79 Å². The van der Waals surface area contributed by atoms with Gasteiger partial charge in [-0.3, -0.25) is 9.69 Å². The van der Waals surface area contributed by atoms with Gasteiger partial charge in [-0.2, -0.15) is 0 Å². The van der Waals surface area contributed by atoms with Gasteiger partial charge in [0.15, 0.2) is 0 Å². The van der Waals surface area contributed by atoms with Gasteiger partial charge in [-0.1, -0.05) is 31.0 Å². The van der Waals surface area contributed by atoms with E-state index in [2.05, 4.69) is 5.32 Å². The molecule has 5 heteroatoms. The highest BCUT2D eigenvalue weighted by Crippen LogP contribution is 2.13. The molecule has 1 atom stereocenters. The van der Waals surface area contributed by atoms with E-state index in [1.807, 2.05) is 38.1 Å². The zero-order valence-electron chi connectivity index (χ0n) is 11.9. The molecule has 1 aromatic carbocycles. The standard InChI is InChI=1S/C15H20N2O3/c1-3-4-13-14(18)17(15(19)16-13)9-10-20-12-7-5-11(2)6-8-12/h5-8,13H,3-4,9-10H2,1-2H3,(H,16,19)/t13-/m1/s1. The van der Waals surface area contributed by atoms with Crippen LogP contribution in [0.4, 0.5) is 4.79 Å². The Morgan fingerprint density at radius 1 is 1.25 bits per heavy atom. The number of aryl methyl sites for hydroxylation is 1. The van der Waals surface area contributed by atoms with Crippen LogP contribution in [0.5, 0.6) is 5.75 Å². The summed E-state index contributed by atoms with van der Waals surface area (Å²) in [4.78, 5) is 24.9. The predicted octanol–water partition coefficient (Wildman–Crippen LogP) is 2.09. The maximum Gasteiger partial charge on any atom is 0.324 e. The molecule has 0 spiro atoms. The fourth-order valence-electron chi connectivity index (χ4n) is 2.16. The first kappa shape index (κ1) is 14.4. The molecule has 108 valence electrons. The van der Waals surface area contributed by atoms with Crippen molar-refractivity contribution in [3.05, 3.63) is 29.8 Å². The fourth-order valence-corrected chi connectivity index (χ4v) is 2.16. The summed E-state index contributed by atoms with van der Waals surface area (Å²) in [5.41, 5.74) is 1.16. The Morgan fingerprint density at radius 3 is 2.60 bits per heavy atom. The van der Waals surface area contributed by atoms with Crippen LogP contribution >= 0.6 is 0 Å². The number of nitrogens with one attached hydrogen (secondary N) is 1. The molecular formula is C15H20N2O3. The van der Waals surface area contributed by atoms with E-state index in [1.165, 1.54) is 4.90 Å². The van der Waals surface area contributed by atoms with E-state index in [0.29, 0.717) is 13.0 Å². The molecule has 0 aromatic heterocycles. The molecule has 2 rings (SSSR count). The first-order valence-corrected chi connectivity index (χ1v) is 6.93. The largest absolute Gasteiger partial charge is 0.492 e. The van der Waals surface area contributed by atoms with Gasteiger partial charge in [0.2, 0.25) is 0 Å². The fraction of sp³-hybridized carbons (Fsp3) is 0.467. The molecule has 1 saturated heterocycles. The molecule has 1 heterocycles. The number of carbonyl (C=O) groups excluding carboxylic acids is 2. The van der Waals surface area contributed by atoms with Gasteiger partial charge in [0, 0.05) is 0 Å². The molecule has 1 aliphatic rings. The third kappa shape index (κ3) is 3.29. The summed E-state index contributed by atoms with van der Waals surface area (Å²) in [6.07, 6.45) is 1.55. The zero-order valence-corrected chi connectivity index (χ0v) is 11.9. The number of ether oxygens (including phenoxy) is 1. The summed E-state index contributed by atoms with van der Waals surface area (Å²) >= 11 is 0. The Bertz CT molecular complexity index is 484. The number of nitrogens with zero attached hydrogens (tertiary/aromatic N) is 1. The second-order valence-electron chi connectivity index (χ2n) is 4.94. The van der Waals surface area contributed by atoms with E-state index in [0.717, 1.165) is 17.7 Å². The number of rotatable bonds is 6. The lowest BCUT2D eigenvalue weighted by Gasteiger charge is -2.13. The summed E-state index contributed by atoms with van der Waals surface area (Å²) in [6, 6.07) is 6.98. The van der Waals surface area contributed by atoms with Crippen LogP contribution in [0.1, 0.15) is 25.3 Å². The Balaban J connectivity index is 1.83. The third-order valence-corrected chi connectivity index (χ3v) is 3.29. The number of hydrogen-bond donors (Lipinski definition) is 1. The predicted molar refractivity (Wildman–Crippen MR) is 75.6 cm³/mol. The number of hydrogen-bond acceptors (Lipinski definition) is 3. The average molecular weight is 276 g/mol. The van der Waals surface area contributed by atoms with Crippen LogP contribution in [0.25, 0.3) is 0 Å². The zero-order chi connectivity index (χ0) is 14.5. The van der Waals surface area contributed by atoms with E-state index in [9.17, 15) is 9.59 Å². The van der Waals surface area contributed by atoms with Crippen LogP contribution in [-0.4, -0.2) is 36.0 Å². The first-order chi connectivity index (χ1) is 9.61. The Labute approximate surface area is 118 Å². The minimum Gasteiger partial charge on any atom is -0.492 e. The molecule has 0 saturated carbocycles. The van der Waals surface area contributed by atoms with E-state index in [4.69, 9.17) is 4.74 Å². The summed E-state index contributed by atoms with van der Waals surface area (Å²) < 4.78 is 5.54. The van der Waals surface area contributed by atoms with Crippen LogP contribution in [0.2, 0.25) is 0 Å². The lowest BCUT2D eigenvalue weighted by molar-refractivity contribution is -0.127. The minimum atomic E-state index is -0.369. The lowest BCUT2D eigenvalue weighted by Crippen LogP contribution is -2.35. The molecular weight excluding hydrogens is 256 g/mol. The summed E-state index contributed by atoms with van der Waals surface area (Å²) in [5.74, 6) is 0.595. The monoisotopic (exact) mass is 276 g/mol. The van der Waals surface area contributed by atoms with E-state index < -0.39 is 0 Å². The quantitative estimate of drug-likeness (QED) is 0.809. The van der Waals surface area contributed by atoms with Gasteiger partial charge in [-0.05, 0) is 25.5 Å². The molecule has 1 aromatic rings. The van der Waals surface area contributed by atoms with Gasteiger partial charge >= 0.3 is 6.03 Å². The second kappa shape index (κ2) is 6.41. The van der Waals surface area contributed by atoms with Crippen molar-refractivity contribution in [3.8, 4) is 5.75 Å². The topological polar surface area (TPSA) is 58.6 Å². The van der Waals surface area contributed by atoms with Crippen LogP contribution in [0, 0.1) is 6.92 Å². The summed E-state index contributed by atoms with van der Waals surface area (Å²) in [7, 11) is 0. The molecule has 1 aliphatic heterocycles. The molecule has 0 radical (unpaired) electrons. The molecule has 0 bridgehead atoms. The van der Waals surface area contributed by atoms with Crippen molar-refractivity contribution in [2.24, 2.45) is 0 Å². The highest BCUT2D eigenvalue weighted by atomic mass is 16.5. The second-order valence-corrected chi connectivity index (χ2v) is 4.94. The molecule has 0 unspecified atom stereocenters. The number of amides is 3.